The Morgan fingerprint density at radius 1 is 1.56 bits per heavy atom. The van der Waals surface area contributed by atoms with E-state index in [1.807, 2.05) is 11.5 Å². The highest BCUT2D eigenvalue weighted by atomic mass is 16.5. The summed E-state index contributed by atoms with van der Waals surface area (Å²) < 4.78 is 7.43. The van der Waals surface area contributed by atoms with Crippen LogP contribution < -0.4 is 5.73 Å². The Kier molecular flexibility index (Phi) is 3.94. The van der Waals surface area contributed by atoms with E-state index in [0.717, 1.165) is 25.8 Å². The van der Waals surface area contributed by atoms with Crippen molar-refractivity contribution in [3.8, 4) is 0 Å². The maximum absolute atomic E-state index is 12.1. The number of esters is 1. The molecule has 2 N–H and O–H groups in total. The predicted molar refractivity (Wildman–Crippen MR) is 71.4 cm³/mol. The van der Waals surface area contributed by atoms with Gasteiger partial charge in [0.05, 0.1) is 5.69 Å². The summed E-state index contributed by atoms with van der Waals surface area (Å²) in [5.41, 5.74) is 6.89. The molecular weight excluding hydrogens is 228 g/mol. The number of hydrogen-bond acceptors (Lipinski definition) is 3. The number of nitrogens with two attached hydrogens (primary N) is 1. The SMILES string of the molecule is CCn1cc(N)cc1C(=O)OC1CCCC(C)C1. The number of aryl methyl sites for hydroxylation is 1. The molecule has 0 aromatic carbocycles. The maximum Gasteiger partial charge on any atom is 0.355 e. The van der Waals surface area contributed by atoms with Crippen molar-refractivity contribution < 1.29 is 9.53 Å². The lowest BCUT2D eigenvalue weighted by Gasteiger charge is -2.26. The molecule has 4 heteroatoms. The fourth-order valence-electron chi connectivity index (χ4n) is 2.66. The predicted octanol–water partition coefficient (Wildman–Crippen LogP) is 2.83. The Hall–Kier alpha value is -1.45. The van der Waals surface area contributed by atoms with Gasteiger partial charge in [-0.2, -0.15) is 0 Å². The first-order chi connectivity index (χ1) is 8.60. The number of carbonyl (C=O) groups is 1. The summed E-state index contributed by atoms with van der Waals surface area (Å²) in [4.78, 5) is 12.1. The third kappa shape index (κ3) is 2.86. The first-order valence-electron chi connectivity index (χ1n) is 6.76. The van der Waals surface area contributed by atoms with Crippen LogP contribution in [0.1, 0.15) is 50.0 Å². The van der Waals surface area contributed by atoms with Crippen LogP contribution in [-0.2, 0) is 11.3 Å². The van der Waals surface area contributed by atoms with Crippen LogP contribution in [0.25, 0.3) is 0 Å². The van der Waals surface area contributed by atoms with Crippen LogP contribution in [0.2, 0.25) is 0 Å². The molecule has 2 atom stereocenters. The Labute approximate surface area is 108 Å². The van der Waals surface area contributed by atoms with Gasteiger partial charge in [-0.1, -0.05) is 13.3 Å². The third-order valence-corrected chi connectivity index (χ3v) is 3.63. The Morgan fingerprint density at radius 3 is 3.00 bits per heavy atom. The van der Waals surface area contributed by atoms with Gasteiger partial charge in [-0.05, 0) is 38.2 Å². The number of ether oxygens (including phenoxy) is 1. The van der Waals surface area contributed by atoms with Crippen LogP contribution in [0, 0.1) is 5.92 Å². The molecule has 1 aliphatic carbocycles. The first-order valence-corrected chi connectivity index (χ1v) is 6.76. The number of aromatic nitrogens is 1. The molecule has 18 heavy (non-hydrogen) atoms. The molecule has 1 aromatic heterocycles. The zero-order valence-corrected chi connectivity index (χ0v) is 11.2. The zero-order valence-electron chi connectivity index (χ0n) is 11.2. The van der Waals surface area contributed by atoms with Gasteiger partial charge in [-0.25, -0.2) is 4.79 Å². The Balaban J connectivity index is 2.02. The van der Waals surface area contributed by atoms with E-state index < -0.39 is 0 Å². The highest BCUT2D eigenvalue weighted by Crippen LogP contribution is 2.26. The van der Waals surface area contributed by atoms with Gasteiger partial charge in [-0.15, -0.1) is 0 Å². The monoisotopic (exact) mass is 250 g/mol. The van der Waals surface area contributed by atoms with Crippen LogP contribution in [0.3, 0.4) is 0 Å². The summed E-state index contributed by atoms with van der Waals surface area (Å²) in [6, 6.07) is 1.69. The average Bonchev–Trinajstić information content (AvgIpc) is 2.70. The van der Waals surface area contributed by atoms with E-state index in [1.54, 1.807) is 12.3 Å². The summed E-state index contributed by atoms with van der Waals surface area (Å²) in [7, 11) is 0. The van der Waals surface area contributed by atoms with Crippen LogP contribution in [0.4, 0.5) is 5.69 Å². The standard InChI is InChI=1S/C14H22N2O2/c1-3-16-9-11(15)8-13(16)14(17)18-12-6-4-5-10(2)7-12/h8-10,12H,3-7,15H2,1-2H3. The van der Waals surface area contributed by atoms with Gasteiger partial charge >= 0.3 is 5.97 Å². The van der Waals surface area contributed by atoms with E-state index in [2.05, 4.69) is 6.92 Å². The first kappa shape index (κ1) is 13.0. The molecule has 1 aromatic rings. The second-order valence-corrected chi connectivity index (χ2v) is 5.24. The molecule has 0 spiro atoms. The molecular formula is C14H22N2O2. The number of nitrogen functional groups attached to an aromatic ring is 1. The van der Waals surface area contributed by atoms with Gasteiger partial charge in [0.15, 0.2) is 0 Å². The van der Waals surface area contributed by atoms with Gasteiger partial charge in [-0.3, -0.25) is 0 Å². The number of hydrogen-bond donors (Lipinski definition) is 1. The molecule has 100 valence electrons. The molecule has 0 radical (unpaired) electrons. The molecule has 0 amide bonds. The van der Waals surface area contributed by atoms with E-state index in [0.29, 0.717) is 17.3 Å². The molecule has 0 bridgehead atoms. The van der Waals surface area contributed by atoms with E-state index in [9.17, 15) is 4.79 Å². The van der Waals surface area contributed by atoms with Gasteiger partial charge in [0.1, 0.15) is 11.8 Å². The van der Waals surface area contributed by atoms with Crippen molar-refractivity contribution in [2.24, 2.45) is 5.92 Å². The van der Waals surface area contributed by atoms with Crippen molar-refractivity contribution in [1.29, 1.82) is 0 Å². The van der Waals surface area contributed by atoms with E-state index >= 15 is 0 Å². The maximum atomic E-state index is 12.1. The van der Waals surface area contributed by atoms with E-state index in [1.165, 1.54) is 6.42 Å². The molecule has 2 rings (SSSR count). The molecule has 4 nitrogen and oxygen atoms in total. The lowest BCUT2D eigenvalue weighted by Crippen LogP contribution is -2.25. The third-order valence-electron chi connectivity index (χ3n) is 3.63. The smallest absolute Gasteiger partial charge is 0.355 e. The van der Waals surface area contributed by atoms with E-state index in [4.69, 9.17) is 10.5 Å². The van der Waals surface area contributed by atoms with Crippen molar-refractivity contribution in [3.63, 3.8) is 0 Å². The molecule has 0 aliphatic heterocycles. The number of nitrogens with zero attached hydrogens (tertiary/aromatic N) is 1. The molecule has 1 aliphatic rings. The quantitative estimate of drug-likeness (QED) is 0.839. The van der Waals surface area contributed by atoms with Crippen LogP contribution in [0.5, 0.6) is 0 Å². The molecule has 0 saturated heterocycles. The Bertz CT molecular complexity index is 425. The lowest BCUT2D eigenvalue weighted by atomic mass is 9.89. The minimum absolute atomic E-state index is 0.0719. The average molecular weight is 250 g/mol. The summed E-state index contributed by atoms with van der Waals surface area (Å²) in [5, 5.41) is 0. The van der Waals surface area contributed by atoms with Crippen molar-refractivity contribution in [1.82, 2.24) is 4.57 Å². The molecule has 1 heterocycles. The van der Waals surface area contributed by atoms with Crippen LogP contribution in [0.15, 0.2) is 12.3 Å². The van der Waals surface area contributed by atoms with Gasteiger partial charge in [0, 0.05) is 12.7 Å². The summed E-state index contributed by atoms with van der Waals surface area (Å²) in [6.45, 7) is 4.92. The van der Waals surface area contributed by atoms with Crippen molar-refractivity contribution in [2.75, 3.05) is 5.73 Å². The summed E-state index contributed by atoms with van der Waals surface area (Å²) in [5.74, 6) is 0.409. The number of carbonyl (C=O) groups excluding carboxylic acids is 1. The topological polar surface area (TPSA) is 57.2 Å². The van der Waals surface area contributed by atoms with Gasteiger partial charge in [0.2, 0.25) is 0 Å². The molecule has 1 saturated carbocycles. The zero-order chi connectivity index (χ0) is 13.1. The number of anilines is 1. The van der Waals surface area contributed by atoms with Crippen molar-refractivity contribution in [3.05, 3.63) is 18.0 Å². The minimum atomic E-state index is -0.243. The fourth-order valence-corrected chi connectivity index (χ4v) is 2.66. The van der Waals surface area contributed by atoms with Crippen molar-refractivity contribution >= 4 is 11.7 Å². The highest BCUT2D eigenvalue weighted by molar-refractivity contribution is 5.89. The van der Waals surface area contributed by atoms with Crippen LogP contribution >= 0.6 is 0 Å². The van der Waals surface area contributed by atoms with Crippen molar-refractivity contribution in [2.45, 2.75) is 52.2 Å². The fraction of sp³-hybridized carbons (Fsp3) is 0.643. The lowest BCUT2D eigenvalue weighted by molar-refractivity contribution is 0.0144. The normalized spacial score (nSPS) is 23.9. The van der Waals surface area contributed by atoms with Crippen LogP contribution in [-0.4, -0.2) is 16.6 Å². The number of rotatable bonds is 3. The van der Waals surface area contributed by atoms with Gasteiger partial charge < -0.3 is 15.0 Å². The Morgan fingerprint density at radius 2 is 2.33 bits per heavy atom. The van der Waals surface area contributed by atoms with E-state index in [-0.39, 0.29) is 12.1 Å². The second kappa shape index (κ2) is 5.46. The van der Waals surface area contributed by atoms with Gasteiger partial charge in [0.25, 0.3) is 0 Å². The summed E-state index contributed by atoms with van der Waals surface area (Å²) >= 11 is 0. The second-order valence-electron chi connectivity index (χ2n) is 5.24. The highest BCUT2D eigenvalue weighted by Gasteiger charge is 2.24. The molecule has 1 fully saturated rings. The minimum Gasteiger partial charge on any atom is -0.458 e. The largest absolute Gasteiger partial charge is 0.458 e. The summed E-state index contributed by atoms with van der Waals surface area (Å²) in [6.07, 6.45) is 6.21. The molecule has 2 unspecified atom stereocenters.